The second-order valence-corrected chi connectivity index (χ2v) is 9.83. The monoisotopic (exact) mass is 558 g/mol. The van der Waals surface area contributed by atoms with Gasteiger partial charge in [-0.1, -0.05) is 0 Å². The minimum absolute atomic E-state index is 0.0686. The molecule has 6 rings (SSSR count). The average Bonchev–Trinajstić information content (AvgIpc) is 2.92. The zero-order valence-electron chi connectivity index (χ0n) is 21.0. The molecule has 7 N–H and O–H groups in total. The Morgan fingerprint density at radius 2 is 1.12 bits per heavy atom. The van der Waals surface area contributed by atoms with Gasteiger partial charge in [-0.15, -0.1) is 0 Å². The number of fused-ring (bicyclic) bond motifs is 2. The summed E-state index contributed by atoms with van der Waals surface area (Å²) in [6.45, 7) is 0. The van der Waals surface area contributed by atoms with Crippen LogP contribution in [0, 0.1) is 0 Å². The summed E-state index contributed by atoms with van der Waals surface area (Å²) in [6, 6.07) is 11.5. The van der Waals surface area contributed by atoms with Crippen molar-refractivity contribution in [1.29, 1.82) is 0 Å². The third-order valence-corrected chi connectivity index (χ3v) is 7.19. The quantitative estimate of drug-likeness (QED) is 0.172. The van der Waals surface area contributed by atoms with Gasteiger partial charge in [0.1, 0.15) is 35.2 Å². The predicted octanol–water partition coefficient (Wildman–Crippen LogP) is 4.71. The molecule has 0 unspecified atom stereocenters. The van der Waals surface area contributed by atoms with E-state index in [0.717, 1.165) is 12.1 Å². The van der Waals surface area contributed by atoms with Crippen molar-refractivity contribution in [2.24, 2.45) is 0 Å². The summed E-state index contributed by atoms with van der Waals surface area (Å²) in [5.74, 6) is -4.46. The van der Waals surface area contributed by atoms with Gasteiger partial charge < -0.3 is 45.2 Å². The first-order chi connectivity index (χ1) is 19.5. The van der Waals surface area contributed by atoms with Gasteiger partial charge in [-0.2, -0.15) is 0 Å². The molecule has 2 heterocycles. The molecular weight excluding hydrogens is 536 g/mol. The molecule has 0 saturated heterocycles. The number of hydrogen-bond acceptors (Lipinski definition) is 11. The number of hydrogen-bond donors (Lipinski definition) is 7. The van der Waals surface area contributed by atoms with Crippen LogP contribution in [0.5, 0.6) is 51.7 Å². The Hall–Kier alpha value is -5.58. The highest BCUT2D eigenvalue weighted by molar-refractivity contribution is 6.04. The SMILES string of the molecule is O=C1C[C@@H](c2cc(O)c(O)c(-c3c(O)ccc4c3O[C@H](c3cc(O)c(O)c(O)c3)CC4=O)c2)Oc2cc(O)ccc21. The van der Waals surface area contributed by atoms with Crippen LogP contribution in [-0.4, -0.2) is 47.3 Å². The van der Waals surface area contributed by atoms with Crippen molar-refractivity contribution in [3.8, 4) is 62.9 Å². The number of aromatic hydroxyl groups is 7. The lowest BCUT2D eigenvalue weighted by atomic mass is 9.89. The molecule has 0 bridgehead atoms. The van der Waals surface area contributed by atoms with Gasteiger partial charge in [0.2, 0.25) is 0 Å². The van der Waals surface area contributed by atoms with Crippen LogP contribution in [0.25, 0.3) is 11.1 Å². The molecule has 0 radical (unpaired) electrons. The van der Waals surface area contributed by atoms with Gasteiger partial charge >= 0.3 is 0 Å². The fraction of sp³-hybridized carbons (Fsp3) is 0.133. The van der Waals surface area contributed by atoms with Gasteiger partial charge in [0, 0.05) is 17.2 Å². The van der Waals surface area contributed by atoms with Gasteiger partial charge in [0.05, 0.1) is 29.5 Å². The lowest BCUT2D eigenvalue weighted by Crippen LogP contribution is -2.21. The summed E-state index contributed by atoms with van der Waals surface area (Å²) in [6.07, 6.45) is -2.31. The third-order valence-electron chi connectivity index (χ3n) is 7.19. The molecule has 41 heavy (non-hydrogen) atoms. The number of ether oxygens (including phenoxy) is 2. The Labute approximate surface area is 231 Å². The molecule has 0 spiro atoms. The first-order valence-electron chi connectivity index (χ1n) is 12.4. The fourth-order valence-corrected chi connectivity index (χ4v) is 5.15. The summed E-state index contributed by atoms with van der Waals surface area (Å²) in [5.41, 5.74) is 0.490. The van der Waals surface area contributed by atoms with Crippen molar-refractivity contribution < 1.29 is 54.8 Å². The molecule has 4 aromatic rings. The molecule has 208 valence electrons. The van der Waals surface area contributed by atoms with Crippen LogP contribution in [0.1, 0.15) is 56.9 Å². The molecule has 11 nitrogen and oxygen atoms in total. The standard InChI is InChI=1S/C30H22O11/c31-14-1-2-15-19(33)10-24(40-26(15)9-14)12-5-17(28(38)21(35)6-12)27-18(32)4-3-16-20(34)11-25(41-30(16)27)13-7-22(36)29(39)23(37)8-13/h1-9,24-25,31-32,35-39H,10-11H2/t24-,25-/m0/s1. The number of carbonyl (C=O) groups excluding carboxylic acids is 2. The maximum atomic E-state index is 13.1. The summed E-state index contributed by atoms with van der Waals surface area (Å²) in [5, 5.41) is 71.9. The van der Waals surface area contributed by atoms with E-state index < -0.39 is 52.5 Å². The number of phenolic OH excluding ortho intramolecular Hbond substituents is 7. The molecule has 0 aromatic heterocycles. The smallest absolute Gasteiger partial charge is 0.200 e. The number of ketones is 2. The Bertz CT molecular complexity index is 1750. The Balaban J connectivity index is 1.46. The van der Waals surface area contributed by atoms with Crippen molar-refractivity contribution in [1.82, 2.24) is 0 Å². The van der Waals surface area contributed by atoms with E-state index in [-0.39, 0.29) is 69.3 Å². The van der Waals surface area contributed by atoms with E-state index in [0.29, 0.717) is 0 Å². The number of benzene rings is 4. The highest BCUT2D eigenvalue weighted by atomic mass is 16.5. The molecular formula is C30H22O11. The van der Waals surface area contributed by atoms with Crippen LogP contribution in [0.2, 0.25) is 0 Å². The van der Waals surface area contributed by atoms with E-state index in [2.05, 4.69) is 0 Å². The van der Waals surface area contributed by atoms with Crippen LogP contribution in [0.4, 0.5) is 0 Å². The van der Waals surface area contributed by atoms with E-state index in [4.69, 9.17) is 9.47 Å². The molecule has 0 amide bonds. The van der Waals surface area contributed by atoms with Crippen LogP contribution < -0.4 is 9.47 Å². The lowest BCUT2D eigenvalue weighted by Gasteiger charge is -2.29. The topological polar surface area (TPSA) is 194 Å². The number of phenols is 7. The average molecular weight is 558 g/mol. The number of rotatable bonds is 3. The zero-order valence-corrected chi connectivity index (χ0v) is 21.0. The third kappa shape index (κ3) is 4.24. The molecule has 0 saturated carbocycles. The maximum absolute atomic E-state index is 13.1. The van der Waals surface area contributed by atoms with E-state index >= 15 is 0 Å². The molecule has 4 aromatic carbocycles. The highest BCUT2D eigenvalue weighted by Gasteiger charge is 2.35. The van der Waals surface area contributed by atoms with Crippen LogP contribution >= 0.6 is 0 Å². The van der Waals surface area contributed by atoms with Gasteiger partial charge in [-0.25, -0.2) is 0 Å². The van der Waals surface area contributed by atoms with Crippen LogP contribution in [0.15, 0.2) is 54.6 Å². The summed E-state index contributed by atoms with van der Waals surface area (Å²) < 4.78 is 12.0. The lowest BCUT2D eigenvalue weighted by molar-refractivity contribution is 0.0839. The molecule has 0 aliphatic carbocycles. The minimum atomic E-state index is -1.06. The first-order valence-corrected chi connectivity index (χ1v) is 12.4. The minimum Gasteiger partial charge on any atom is -0.508 e. The second kappa shape index (κ2) is 9.26. The van der Waals surface area contributed by atoms with Crippen LogP contribution in [-0.2, 0) is 0 Å². The Morgan fingerprint density at radius 3 is 1.80 bits per heavy atom. The van der Waals surface area contributed by atoms with Gasteiger partial charge in [-0.3, -0.25) is 9.59 Å². The molecule has 0 fully saturated rings. The maximum Gasteiger partial charge on any atom is 0.200 e. The van der Waals surface area contributed by atoms with Crippen molar-refractivity contribution in [2.75, 3.05) is 0 Å². The van der Waals surface area contributed by atoms with E-state index in [1.807, 2.05) is 0 Å². The van der Waals surface area contributed by atoms with Gasteiger partial charge in [0.25, 0.3) is 0 Å². The van der Waals surface area contributed by atoms with E-state index in [1.165, 1.54) is 42.5 Å². The molecule has 11 heteroatoms. The van der Waals surface area contributed by atoms with Crippen LogP contribution in [0.3, 0.4) is 0 Å². The van der Waals surface area contributed by atoms with E-state index in [9.17, 15) is 45.3 Å². The summed E-state index contributed by atoms with van der Waals surface area (Å²) in [4.78, 5) is 25.9. The largest absolute Gasteiger partial charge is 0.508 e. The molecule has 2 aliphatic rings. The van der Waals surface area contributed by atoms with Crippen molar-refractivity contribution >= 4 is 11.6 Å². The number of carbonyl (C=O) groups is 2. The van der Waals surface area contributed by atoms with Gasteiger partial charge in [0.15, 0.2) is 40.3 Å². The van der Waals surface area contributed by atoms with Crippen molar-refractivity contribution in [3.05, 3.63) is 76.9 Å². The number of Topliss-reactive ketones (excluding diaryl/α,β-unsaturated/α-hetero) is 2. The zero-order chi connectivity index (χ0) is 29.2. The van der Waals surface area contributed by atoms with Crippen molar-refractivity contribution in [3.63, 3.8) is 0 Å². The normalized spacial score (nSPS) is 17.8. The molecule has 2 aliphatic heterocycles. The summed E-state index contributed by atoms with van der Waals surface area (Å²) in [7, 11) is 0. The first kappa shape index (κ1) is 25.7. The molecule has 2 atom stereocenters. The Morgan fingerprint density at radius 1 is 0.561 bits per heavy atom. The van der Waals surface area contributed by atoms with Crippen molar-refractivity contribution in [2.45, 2.75) is 25.0 Å². The van der Waals surface area contributed by atoms with E-state index in [1.54, 1.807) is 0 Å². The predicted molar refractivity (Wildman–Crippen MR) is 141 cm³/mol. The second-order valence-electron chi connectivity index (χ2n) is 9.83. The fourth-order valence-electron chi connectivity index (χ4n) is 5.15. The Kier molecular flexibility index (Phi) is 5.80. The highest BCUT2D eigenvalue weighted by Crippen LogP contribution is 2.52. The van der Waals surface area contributed by atoms with Gasteiger partial charge in [-0.05, 0) is 54.1 Å². The summed E-state index contributed by atoms with van der Waals surface area (Å²) >= 11 is 0.